The number of rotatable bonds is 8. The van der Waals surface area contributed by atoms with Gasteiger partial charge in [-0.05, 0) is 65.8 Å². The predicted molar refractivity (Wildman–Crippen MR) is 108 cm³/mol. The first-order valence-electron chi connectivity index (χ1n) is 8.56. The van der Waals surface area contributed by atoms with Crippen molar-refractivity contribution in [1.82, 2.24) is 0 Å². The zero-order valence-corrected chi connectivity index (χ0v) is 16.4. The standard InChI is InChI=1S/C20H24S3/c1-3-5-8-15-14-22-20(16(15)9-6-4-2)19-12-11-18(23-19)17-10-7-13-21-17/h7,10-14H,3-6,8-9H2,1-2H3. The van der Waals surface area contributed by atoms with Gasteiger partial charge in [0, 0.05) is 19.5 Å². The van der Waals surface area contributed by atoms with Gasteiger partial charge in [-0.1, -0.05) is 32.8 Å². The summed E-state index contributed by atoms with van der Waals surface area (Å²) < 4.78 is 0. The molecule has 0 saturated carbocycles. The molecule has 0 atom stereocenters. The van der Waals surface area contributed by atoms with Gasteiger partial charge in [0.2, 0.25) is 0 Å². The minimum absolute atomic E-state index is 1.24. The molecule has 0 aliphatic carbocycles. The fourth-order valence-corrected chi connectivity index (χ4v) is 6.00. The largest absolute Gasteiger partial charge is 0.143 e. The summed E-state index contributed by atoms with van der Waals surface area (Å²) in [5.74, 6) is 0. The van der Waals surface area contributed by atoms with E-state index in [9.17, 15) is 0 Å². The number of aryl methyl sites for hydroxylation is 1. The van der Waals surface area contributed by atoms with E-state index in [0.29, 0.717) is 0 Å². The molecule has 3 heterocycles. The number of unbranched alkanes of at least 4 members (excludes halogenated alkanes) is 2. The Morgan fingerprint density at radius 3 is 2.35 bits per heavy atom. The minimum Gasteiger partial charge on any atom is -0.143 e. The van der Waals surface area contributed by atoms with Gasteiger partial charge in [0.25, 0.3) is 0 Å². The lowest BCUT2D eigenvalue weighted by Crippen LogP contribution is -1.92. The topological polar surface area (TPSA) is 0 Å². The third-order valence-corrected chi connectivity index (χ3v) is 7.56. The maximum atomic E-state index is 2.42. The van der Waals surface area contributed by atoms with Crippen LogP contribution in [-0.4, -0.2) is 0 Å². The first kappa shape index (κ1) is 16.9. The van der Waals surface area contributed by atoms with Crippen molar-refractivity contribution >= 4 is 34.0 Å². The molecule has 0 bridgehead atoms. The Bertz CT molecular complexity index is 716. The predicted octanol–water partition coefficient (Wildman–Crippen LogP) is 7.89. The summed E-state index contributed by atoms with van der Waals surface area (Å²) in [5, 5.41) is 4.58. The lowest BCUT2D eigenvalue weighted by molar-refractivity contribution is 0.763. The second-order valence-corrected chi connectivity index (χ2v) is 8.83. The van der Waals surface area contributed by atoms with E-state index in [1.807, 2.05) is 34.0 Å². The van der Waals surface area contributed by atoms with Crippen molar-refractivity contribution in [3.05, 3.63) is 46.2 Å². The normalized spacial score (nSPS) is 11.2. The fraction of sp³-hybridized carbons (Fsp3) is 0.400. The first-order chi connectivity index (χ1) is 11.3. The van der Waals surface area contributed by atoms with Crippen LogP contribution in [0.1, 0.15) is 50.7 Å². The molecule has 0 N–H and O–H groups in total. The highest BCUT2D eigenvalue weighted by Crippen LogP contribution is 2.42. The molecule has 0 aliphatic heterocycles. The van der Waals surface area contributed by atoms with Crippen molar-refractivity contribution in [1.29, 1.82) is 0 Å². The van der Waals surface area contributed by atoms with Crippen LogP contribution in [-0.2, 0) is 12.8 Å². The summed E-state index contributed by atoms with van der Waals surface area (Å²) in [6, 6.07) is 8.98. The van der Waals surface area contributed by atoms with E-state index in [-0.39, 0.29) is 0 Å². The van der Waals surface area contributed by atoms with E-state index in [2.05, 4.69) is 48.9 Å². The Hall–Kier alpha value is -0.900. The molecule has 0 fully saturated rings. The molecule has 3 aromatic rings. The van der Waals surface area contributed by atoms with Crippen molar-refractivity contribution < 1.29 is 0 Å². The van der Waals surface area contributed by atoms with E-state index < -0.39 is 0 Å². The maximum Gasteiger partial charge on any atom is 0.0477 e. The monoisotopic (exact) mass is 360 g/mol. The van der Waals surface area contributed by atoms with Crippen LogP contribution in [0.25, 0.3) is 19.5 Å². The molecule has 122 valence electrons. The zero-order chi connectivity index (χ0) is 16.1. The molecule has 0 amide bonds. The number of hydrogen-bond acceptors (Lipinski definition) is 3. The molecule has 23 heavy (non-hydrogen) atoms. The second-order valence-electron chi connectivity index (χ2n) is 5.92. The van der Waals surface area contributed by atoms with E-state index in [4.69, 9.17) is 0 Å². The lowest BCUT2D eigenvalue weighted by atomic mass is 10.00. The van der Waals surface area contributed by atoms with Crippen LogP contribution in [0.3, 0.4) is 0 Å². The van der Waals surface area contributed by atoms with Gasteiger partial charge in [-0.2, -0.15) is 0 Å². The molecule has 0 nitrogen and oxygen atoms in total. The van der Waals surface area contributed by atoms with Gasteiger partial charge >= 0.3 is 0 Å². The third-order valence-electron chi connectivity index (χ3n) is 4.15. The lowest BCUT2D eigenvalue weighted by Gasteiger charge is -2.06. The summed E-state index contributed by atoms with van der Waals surface area (Å²) >= 11 is 5.74. The van der Waals surface area contributed by atoms with Crippen LogP contribution in [0.5, 0.6) is 0 Å². The third kappa shape index (κ3) is 3.96. The maximum absolute atomic E-state index is 2.42. The molecule has 0 aromatic carbocycles. The number of thiophene rings is 3. The summed E-state index contributed by atoms with van der Waals surface area (Å²) in [7, 11) is 0. The molecule has 0 aliphatic rings. The summed E-state index contributed by atoms with van der Waals surface area (Å²) in [5.41, 5.74) is 3.23. The van der Waals surface area contributed by atoms with Crippen molar-refractivity contribution in [2.45, 2.75) is 52.4 Å². The SMILES string of the molecule is CCCCc1csc(-c2ccc(-c3cccs3)s2)c1CCCC. The van der Waals surface area contributed by atoms with Gasteiger partial charge in [0.05, 0.1) is 0 Å². The van der Waals surface area contributed by atoms with Crippen LogP contribution < -0.4 is 0 Å². The van der Waals surface area contributed by atoms with Gasteiger partial charge < -0.3 is 0 Å². The van der Waals surface area contributed by atoms with Gasteiger partial charge in [-0.25, -0.2) is 0 Å². The molecule has 3 heteroatoms. The Kier molecular flexibility index (Phi) is 6.09. The Balaban J connectivity index is 1.90. The van der Waals surface area contributed by atoms with Crippen molar-refractivity contribution in [3.63, 3.8) is 0 Å². The van der Waals surface area contributed by atoms with Crippen molar-refractivity contribution in [2.75, 3.05) is 0 Å². The summed E-state index contributed by atoms with van der Waals surface area (Å²) in [6.45, 7) is 4.57. The molecule has 0 unspecified atom stereocenters. The second kappa shape index (κ2) is 8.27. The van der Waals surface area contributed by atoms with E-state index in [0.717, 1.165) is 0 Å². The highest BCUT2D eigenvalue weighted by molar-refractivity contribution is 7.25. The van der Waals surface area contributed by atoms with Crippen molar-refractivity contribution in [3.8, 4) is 19.5 Å². The van der Waals surface area contributed by atoms with Crippen LogP contribution in [0.4, 0.5) is 0 Å². The zero-order valence-electron chi connectivity index (χ0n) is 13.9. The average molecular weight is 361 g/mol. The average Bonchev–Trinajstić information content (AvgIpc) is 3.29. The van der Waals surface area contributed by atoms with E-state index in [1.54, 1.807) is 11.1 Å². The quantitative estimate of drug-likeness (QED) is 0.383. The molecular weight excluding hydrogens is 336 g/mol. The molecular formula is C20H24S3. The van der Waals surface area contributed by atoms with E-state index >= 15 is 0 Å². The summed E-state index contributed by atoms with van der Waals surface area (Å²) in [6.07, 6.45) is 7.63. The van der Waals surface area contributed by atoms with Gasteiger partial charge in [-0.15, -0.1) is 34.0 Å². The van der Waals surface area contributed by atoms with E-state index in [1.165, 1.54) is 58.0 Å². The van der Waals surface area contributed by atoms with Crippen LogP contribution in [0, 0.1) is 0 Å². The first-order valence-corrected chi connectivity index (χ1v) is 11.1. The molecule has 0 radical (unpaired) electrons. The molecule has 0 spiro atoms. The molecule has 3 rings (SSSR count). The van der Waals surface area contributed by atoms with Gasteiger partial charge in [0.1, 0.15) is 0 Å². The Morgan fingerprint density at radius 1 is 0.826 bits per heavy atom. The van der Waals surface area contributed by atoms with Gasteiger partial charge in [0.15, 0.2) is 0 Å². The smallest absolute Gasteiger partial charge is 0.0477 e. The van der Waals surface area contributed by atoms with Crippen LogP contribution in [0.2, 0.25) is 0 Å². The summed E-state index contributed by atoms with van der Waals surface area (Å²) in [4.78, 5) is 5.77. The van der Waals surface area contributed by atoms with Crippen molar-refractivity contribution in [2.24, 2.45) is 0 Å². The Labute approximate surface area is 151 Å². The highest BCUT2D eigenvalue weighted by atomic mass is 32.1. The van der Waals surface area contributed by atoms with Crippen LogP contribution >= 0.6 is 34.0 Å². The van der Waals surface area contributed by atoms with Gasteiger partial charge in [-0.3, -0.25) is 0 Å². The molecule has 3 aromatic heterocycles. The fourth-order valence-electron chi connectivity index (χ4n) is 2.84. The minimum atomic E-state index is 1.24. The highest BCUT2D eigenvalue weighted by Gasteiger charge is 2.15. The Morgan fingerprint density at radius 2 is 1.61 bits per heavy atom. The number of hydrogen-bond donors (Lipinski definition) is 0. The molecule has 0 saturated heterocycles. The van der Waals surface area contributed by atoms with Crippen LogP contribution in [0.15, 0.2) is 35.0 Å².